The molecule has 146 valence electrons. The molecule has 1 saturated heterocycles. The molecular formula is C21H21FN2O4. The van der Waals surface area contributed by atoms with Crippen LogP contribution in [0.2, 0.25) is 0 Å². The maximum absolute atomic E-state index is 13.7. The highest BCUT2D eigenvalue weighted by molar-refractivity contribution is 5.98. The highest BCUT2D eigenvalue weighted by Gasteiger charge is 2.26. The summed E-state index contributed by atoms with van der Waals surface area (Å²) >= 11 is 0. The molecule has 7 heteroatoms. The van der Waals surface area contributed by atoms with E-state index in [1.165, 1.54) is 19.2 Å². The Morgan fingerprint density at radius 2 is 1.39 bits per heavy atom. The van der Waals surface area contributed by atoms with E-state index in [0.717, 1.165) is 0 Å². The molecule has 1 heterocycles. The van der Waals surface area contributed by atoms with E-state index in [0.29, 0.717) is 48.4 Å². The topological polar surface area (TPSA) is 66.9 Å². The van der Waals surface area contributed by atoms with Gasteiger partial charge in [-0.1, -0.05) is 12.1 Å². The number of carbonyl (C=O) groups excluding carboxylic acids is 3. The number of methoxy groups -OCH3 is 1. The van der Waals surface area contributed by atoms with Crippen LogP contribution in [0.3, 0.4) is 0 Å². The van der Waals surface area contributed by atoms with Crippen LogP contribution >= 0.6 is 0 Å². The fourth-order valence-electron chi connectivity index (χ4n) is 3.10. The number of amides is 2. The van der Waals surface area contributed by atoms with E-state index in [4.69, 9.17) is 0 Å². The van der Waals surface area contributed by atoms with E-state index >= 15 is 0 Å². The Kier molecular flexibility index (Phi) is 5.73. The zero-order valence-electron chi connectivity index (χ0n) is 15.8. The van der Waals surface area contributed by atoms with Crippen molar-refractivity contribution in [2.45, 2.75) is 6.92 Å². The van der Waals surface area contributed by atoms with Crippen molar-refractivity contribution in [3.63, 3.8) is 0 Å². The van der Waals surface area contributed by atoms with Crippen LogP contribution in [0, 0.1) is 12.7 Å². The van der Waals surface area contributed by atoms with Gasteiger partial charge < -0.3 is 14.5 Å². The van der Waals surface area contributed by atoms with Gasteiger partial charge in [-0.25, -0.2) is 9.18 Å². The lowest BCUT2D eigenvalue weighted by Crippen LogP contribution is -2.50. The SMILES string of the molecule is COC(=O)c1cccc(C(=O)N2CCN(C(=O)c3ccc(C)c(F)c3)CC2)c1. The molecule has 1 aliphatic rings. The average Bonchev–Trinajstić information content (AvgIpc) is 2.74. The van der Waals surface area contributed by atoms with E-state index in [9.17, 15) is 18.8 Å². The summed E-state index contributed by atoms with van der Waals surface area (Å²) in [4.78, 5) is 40.2. The fraction of sp³-hybridized carbons (Fsp3) is 0.286. The van der Waals surface area contributed by atoms with Crippen LogP contribution in [0.4, 0.5) is 4.39 Å². The highest BCUT2D eigenvalue weighted by atomic mass is 19.1. The second-order valence-corrected chi connectivity index (χ2v) is 6.62. The van der Waals surface area contributed by atoms with Gasteiger partial charge >= 0.3 is 5.97 Å². The van der Waals surface area contributed by atoms with E-state index < -0.39 is 11.8 Å². The molecular weight excluding hydrogens is 363 g/mol. The number of hydrogen-bond donors (Lipinski definition) is 0. The lowest BCUT2D eigenvalue weighted by molar-refractivity contribution is 0.0534. The Labute approximate surface area is 162 Å². The predicted octanol–water partition coefficient (Wildman–Crippen LogP) is 2.52. The number of carbonyl (C=O) groups is 3. The van der Waals surface area contributed by atoms with Gasteiger partial charge in [-0.15, -0.1) is 0 Å². The molecule has 0 saturated carbocycles. The molecule has 0 spiro atoms. The number of rotatable bonds is 3. The van der Waals surface area contributed by atoms with Crippen molar-refractivity contribution in [1.29, 1.82) is 0 Å². The number of nitrogens with zero attached hydrogens (tertiary/aromatic N) is 2. The van der Waals surface area contributed by atoms with E-state index in [1.807, 2.05) is 0 Å². The van der Waals surface area contributed by atoms with Gasteiger partial charge in [-0.2, -0.15) is 0 Å². The van der Waals surface area contributed by atoms with Crippen molar-refractivity contribution in [3.8, 4) is 0 Å². The van der Waals surface area contributed by atoms with Crippen molar-refractivity contribution in [2.75, 3.05) is 33.3 Å². The van der Waals surface area contributed by atoms with Crippen LogP contribution in [0.25, 0.3) is 0 Å². The van der Waals surface area contributed by atoms with Gasteiger partial charge in [0, 0.05) is 37.3 Å². The summed E-state index contributed by atoms with van der Waals surface area (Å²) in [5.41, 5.74) is 1.49. The number of piperazine rings is 1. The molecule has 0 aromatic heterocycles. The van der Waals surface area contributed by atoms with Crippen molar-refractivity contribution in [2.24, 2.45) is 0 Å². The first kappa shape index (κ1) is 19.5. The molecule has 0 N–H and O–H groups in total. The third kappa shape index (κ3) is 4.03. The van der Waals surface area contributed by atoms with Gasteiger partial charge in [0.2, 0.25) is 0 Å². The molecule has 0 bridgehead atoms. The maximum Gasteiger partial charge on any atom is 0.337 e. The van der Waals surface area contributed by atoms with E-state index in [-0.39, 0.29) is 11.8 Å². The molecule has 1 fully saturated rings. The summed E-state index contributed by atoms with van der Waals surface area (Å²) in [6.07, 6.45) is 0. The molecule has 0 unspecified atom stereocenters. The number of hydrogen-bond acceptors (Lipinski definition) is 4. The van der Waals surface area contributed by atoms with Gasteiger partial charge in [0.05, 0.1) is 12.7 Å². The van der Waals surface area contributed by atoms with Crippen LogP contribution in [0.15, 0.2) is 42.5 Å². The molecule has 0 aliphatic carbocycles. The fourth-order valence-corrected chi connectivity index (χ4v) is 3.10. The molecule has 2 amide bonds. The molecule has 0 atom stereocenters. The van der Waals surface area contributed by atoms with Crippen molar-refractivity contribution in [3.05, 3.63) is 70.5 Å². The first-order valence-electron chi connectivity index (χ1n) is 8.94. The van der Waals surface area contributed by atoms with E-state index in [2.05, 4.69) is 4.74 Å². The molecule has 2 aromatic carbocycles. The summed E-state index contributed by atoms with van der Waals surface area (Å²) in [5.74, 6) is -1.38. The first-order valence-corrected chi connectivity index (χ1v) is 8.94. The summed E-state index contributed by atoms with van der Waals surface area (Å²) in [6, 6.07) is 10.8. The zero-order valence-corrected chi connectivity index (χ0v) is 15.8. The normalized spacial score (nSPS) is 14.0. The zero-order chi connectivity index (χ0) is 20.3. The van der Waals surface area contributed by atoms with Crippen LogP contribution in [-0.2, 0) is 4.74 Å². The lowest BCUT2D eigenvalue weighted by atomic mass is 10.1. The third-order valence-corrected chi connectivity index (χ3v) is 4.80. The standard InChI is InChI=1S/C21H21FN2O4/c1-14-6-7-16(13-18(14)22)20(26)24-10-8-23(9-11-24)19(25)15-4-3-5-17(12-15)21(27)28-2/h3-7,12-13H,8-11H2,1-2H3. The number of esters is 1. The van der Waals surface area contributed by atoms with Crippen LogP contribution < -0.4 is 0 Å². The van der Waals surface area contributed by atoms with Crippen LogP contribution in [0.1, 0.15) is 36.6 Å². The third-order valence-electron chi connectivity index (χ3n) is 4.80. The van der Waals surface area contributed by atoms with Gasteiger partial charge in [0.15, 0.2) is 0 Å². The molecule has 1 aliphatic heterocycles. The molecule has 28 heavy (non-hydrogen) atoms. The van der Waals surface area contributed by atoms with Gasteiger partial charge in [0.1, 0.15) is 5.82 Å². The van der Waals surface area contributed by atoms with E-state index in [1.54, 1.807) is 47.1 Å². The lowest BCUT2D eigenvalue weighted by Gasteiger charge is -2.35. The Balaban J connectivity index is 1.65. The van der Waals surface area contributed by atoms with Gasteiger partial charge in [0.25, 0.3) is 11.8 Å². The summed E-state index contributed by atoms with van der Waals surface area (Å²) in [7, 11) is 1.28. The summed E-state index contributed by atoms with van der Waals surface area (Å²) in [5, 5.41) is 0. The molecule has 0 radical (unpaired) electrons. The van der Waals surface area contributed by atoms with Crippen LogP contribution in [-0.4, -0.2) is 60.9 Å². The second kappa shape index (κ2) is 8.21. The minimum atomic E-state index is -0.504. The first-order chi connectivity index (χ1) is 13.4. The molecule has 3 rings (SSSR count). The molecule has 2 aromatic rings. The van der Waals surface area contributed by atoms with Crippen molar-refractivity contribution >= 4 is 17.8 Å². The summed E-state index contributed by atoms with van der Waals surface area (Å²) in [6.45, 7) is 3.08. The van der Waals surface area contributed by atoms with Crippen LogP contribution in [0.5, 0.6) is 0 Å². The number of aryl methyl sites for hydroxylation is 1. The Hall–Kier alpha value is -3.22. The average molecular weight is 384 g/mol. The Morgan fingerprint density at radius 1 is 0.857 bits per heavy atom. The monoisotopic (exact) mass is 384 g/mol. The maximum atomic E-state index is 13.7. The minimum Gasteiger partial charge on any atom is -0.465 e. The Morgan fingerprint density at radius 3 is 1.93 bits per heavy atom. The number of benzene rings is 2. The van der Waals surface area contributed by atoms with Crippen molar-refractivity contribution < 1.29 is 23.5 Å². The quantitative estimate of drug-likeness (QED) is 0.763. The second-order valence-electron chi connectivity index (χ2n) is 6.62. The number of ether oxygens (including phenoxy) is 1. The largest absolute Gasteiger partial charge is 0.465 e. The summed E-state index contributed by atoms with van der Waals surface area (Å²) < 4.78 is 18.4. The smallest absolute Gasteiger partial charge is 0.337 e. The predicted molar refractivity (Wildman–Crippen MR) is 101 cm³/mol. The molecule has 6 nitrogen and oxygen atoms in total. The Bertz CT molecular complexity index is 920. The highest BCUT2D eigenvalue weighted by Crippen LogP contribution is 2.15. The number of halogens is 1. The van der Waals surface area contributed by atoms with Crippen molar-refractivity contribution in [1.82, 2.24) is 9.80 Å². The van der Waals surface area contributed by atoms with Gasteiger partial charge in [-0.3, -0.25) is 9.59 Å². The van der Waals surface area contributed by atoms with Gasteiger partial charge in [-0.05, 0) is 42.8 Å². The minimum absolute atomic E-state index is 0.209.